The molecule has 0 saturated heterocycles. The zero-order chi connectivity index (χ0) is 19.9. The van der Waals surface area contributed by atoms with E-state index in [2.05, 4.69) is 12.2 Å². The van der Waals surface area contributed by atoms with Crippen molar-refractivity contribution in [3.05, 3.63) is 27.2 Å². The van der Waals surface area contributed by atoms with Crippen molar-refractivity contribution >= 4 is 34.1 Å². The molecule has 1 aromatic rings. The van der Waals surface area contributed by atoms with Crippen LogP contribution < -0.4 is 11.1 Å². The Morgan fingerprint density at radius 3 is 2.33 bits per heavy atom. The highest BCUT2D eigenvalue weighted by Gasteiger charge is 2.38. The highest BCUT2D eigenvalue weighted by molar-refractivity contribution is 7.17. The van der Waals surface area contributed by atoms with E-state index < -0.39 is 23.7 Å². The standard InChI is InChI=1S/C20H26N2O4S/c1-9-4-5-12-15(6-9)27-19(16(12)17(21)23)22-18(24)13-7-10(2)11(3)8-14(13)20(25)26/h9,13-14H,4-8H2,1-3H3,(H2,21,23)(H,22,24)(H,25,26)/t9-,13-,14+/m1/s1. The molecule has 27 heavy (non-hydrogen) atoms. The number of nitrogens with two attached hydrogens (primary N) is 1. The first kappa shape index (κ1) is 19.6. The van der Waals surface area contributed by atoms with Crippen molar-refractivity contribution < 1.29 is 19.5 Å². The van der Waals surface area contributed by atoms with Gasteiger partial charge in [0.1, 0.15) is 5.00 Å². The van der Waals surface area contributed by atoms with Crippen molar-refractivity contribution in [2.45, 2.75) is 52.9 Å². The van der Waals surface area contributed by atoms with Crippen LogP contribution in [0.5, 0.6) is 0 Å². The van der Waals surface area contributed by atoms with E-state index in [1.165, 1.54) is 11.3 Å². The third-order valence-corrected chi connectivity index (χ3v) is 7.09. The van der Waals surface area contributed by atoms with Crippen LogP contribution in [0.15, 0.2) is 11.1 Å². The molecule has 0 spiro atoms. The van der Waals surface area contributed by atoms with Crippen LogP contribution in [-0.2, 0) is 22.4 Å². The number of carboxylic acids is 1. The van der Waals surface area contributed by atoms with Crippen LogP contribution in [0.3, 0.4) is 0 Å². The van der Waals surface area contributed by atoms with Gasteiger partial charge in [-0.3, -0.25) is 14.4 Å². The van der Waals surface area contributed by atoms with Crippen LogP contribution in [0.2, 0.25) is 0 Å². The summed E-state index contributed by atoms with van der Waals surface area (Å²) in [7, 11) is 0. The lowest BCUT2D eigenvalue weighted by molar-refractivity contribution is -0.146. The van der Waals surface area contributed by atoms with Crippen molar-refractivity contribution in [2.24, 2.45) is 23.5 Å². The summed E-state index contributed by atoms with van der Waals surface area (Å²) in [6.45, 7) is 6.02. The van der Waals surface area contributed by atoms with Crippen LogP contribution in [0, 0.1) is 17.8 Å². The molecule has 1 aromatic heterocycles. The van der Waals surface area contributed by atoms with E-state index in [9.17, 15) is 19.5 Å². The Labute approximate surface area is 162 Å². The van der Waals surface area contributed by atoms with E-state index in [-0.39, 0.29) is 5.91 Å². The molecule has 0 saturated carbocycles. The predicted octanol–water partition coefficient (Wildman–Crippen LogP) is 3.36. The van der Waals surface area contributed by atoms with Crippen LogP contribution >= 0.6 is 11.3 Å². The predicted molar refractivity (Wildman–Crippen MR) is 105 cm³/mol. The molecule has 3 rings (SSSR count). The van der Waals surface area contributed by atoms with E-state index >= 15 is 0 Å². The molecule has 0 radical (unpaired) electrons. The molecular weight excluding hydrogens is 364 g/mol. The molecule has 0 aromatic carbocycles. The average Bonchev–Trinajstić information content (AvgIpc) is 2.93. The first-order valence-corrected chi connectivity index (χ1v) is 10.1. The maximum absolute atomic E-state index is 12.9. The van der Waals surface area contributed by atoms with E-state index in [0.29, 0.717) is 29.3 Å². The summed E-state index contributed by atoms with van der Waals surface area (Å²) in [5.41, 5.74) is 9.05. The summed E-state index contributed by atoms with van der Waals surface area (Å²) in [6, 6.07) is 0. The fraction of sp³-hybridized carbons (Fsp3) is 0.550. The lowest BCUT2D eigenvalue weighted by Gasteiger charge is -2.29. The Kier molecular flexibility index (Phi) is 5.42. The van der Waals surface area contributed by atoms with Crippen LogP contribution in [-0.4, -0.2) is 22.9 Å². The van der Waals surface area contributed by atoms with Crippen LogP contribution in [0.1, 0.15) is 60.8 Å². The van der Waals surface area contributed by atoms with Gasteiger partial charge in [-0.25, -0.2) is 0 Å². The summed E-state index contributed by atoms with van der Waals surface area (Å²) >= 11 is 1.41. The van der Waals surface area contributed by atoms with Crippen molar-refractivity contribution in [3.63, 3.8) is 0 Å². The molecule has 3 atom stereocenters. The van der Waals surface area contributed by atoms with Crippen molar-refractivity contribution in [1.82, 2.24) is 0 Å². The van der Waals surface area contributed by atoms with Gasteiger partial charge in [0.15, 0.2) is 0 Å². The smallest absolute Gasteiger partial charge is 0.307 e. The topological polar surface area (TPSA) is 109 Å². The molecule has 4 N–H and O–H groups in total. The van der Waals surface area contributed by atoms with Gasteiger partial charge in [0.05, 0.1) is 17.4 Å². The van der Waals surface area contributed by atoms with Gasteiger partial charge >= 0.3 is 5.97 Å². The fourth-order valence-electron chi connectivity index (χ4n) is 4.13. The number of aliphatic carboxylic acids is 1. The van der Waals surface area contributed by atoms with Gasteiger partial charge in [-0.05, 0) is 57.4 Å². The number of primary amides is 1. The maximum atomic E-state index is 12.9. The van der Waals surface area contributed by atoms with E-state index in [1.54, 1.807) is 0 Å². The summed E-state index contributed by atoms with van der Waals surface area (Å²) in [5.74, 6) is -2.71. The van der Waals surface area contributed by atoms with Crippen molar-refractivity contribution in [1.29, 1.82) is 0 Å². The van der Waals surface area contributed by atoms with Gasteiger partial charge in [-0.1, -0.05) is 18.1 Å². The normalized spacial score (nSPS) is 25.1. The Balaban J connectivity index is 1.89. The number of amides is 2. The Hall–Kier alpha value is -2.15. The number of thiophene rings is 1. The number of rotatable bonds is 4. The SMILES string of the molecule is CC1=C(C)C[C@@H](C(=O)Nc2sc3c(c2C(N)=O)CC[C@@H](C)C3)[C@@H](C(=O)O)C1. The fourth-order valence-corrected chi connectivity index (χ4v) is 5.55. The molecule has 2 aliphatic rings. The zero-order valence-electron chi connectivity index (χ0n) is 15.9. The highest BCUT2D eigenvalue weighted by Crippen LogP contribution is 2.41. The average molecular weight is 391 g/mol. The minimum Gasteiger partial charge on any atom is -0.481 e. The highest BCUT2D eigenvalue weighted by atomic mass is 32.1. The minimum atomic E-state index is -0.962. The lowest BCUT2D eigenvalue weighted by atomic mass is 9.76. The molecule has 0 unspecified atom stereocenters. The van der Waals surface area contributed by atoms with Crippen LogP contribution in [0.4, 0.5) is 5.00 Å². The first-order valence-electron chi connectivity index (χ1n) is 9.32. The maximum Gasteiger partial charge on any atom is 0.307 e. The Morgan fingerprint density at radius 1 is 1.11 bits per heavy atom. The number of carbonyl (C=O) groups excluding carboxylic acids is 2. The summed E-state index contributed by atoms with van der Waals surface area (Å²) < 4.78 is 0. The number of fused-ring (bicyclic) bond motifs is 1. The summed E-state index contributed by atoms with van der Waals surface area (Å²) in [4.78, 5) is 37.8. The quantitative estimate of drug-likeness (QED) is 0.685. The third kappa shape index (κ3) is 3.78. The number of allylic oxidation sites excluding steroid dienone is 2. The number of hydrogen-bond donors (Lipinski definition) is 3. The van der Waals surface area contributed by atoms with Gasteiger partial charge in [0.2, 0.25) is 5.91 Å². The molecule has 0 bridgehead atoms. The lowest BCUT2D eigenvalue weighted by Crippen LogP contribution is -2.36. The molecule has 2 amide bonds. The van der Waals surface area contributed by atoms with Gasteiger partial charge in [-0.2, -0.15) is 0 Å². The molecule has 6 nitrogen and oxygen atoms in total. The Morgan fingerprint density at radius 2 is 1.74 bits per heavy atom. The second-order valence-electron chi connectivity index (χ2n) is 7.93. The number of carboxylic acid groups (broad SMARTS) is 1. The van der Waals surface area contributed by atoms with Gasteiger partial charge in [0.25, 0.3) is 5.91 Å². The van der Waals surface area contributed by atoms with Gasteiger partial charge in [0, 0.05) is 4.88 Å². The summed E-state index contributed by atoms with van der Waals surface area (Å²) in [5, 5.41) is 12.9. The zero-order valence-corrected chi connectivity index (χ0v) is 16.7. The van der Waals surface area contributed by atoms with Crippen molar-refractivity contribution in [2.75, 3.05) is 5.32 Å². The van der Waals surface area contributed by atoms with E-state index in [1.807, 2.05) is 13.8 Å². The third-order valence-electron chi connectivity index (χ3n) is 5.92. The Bertz CT molecular complexity index is 839. The molecular formula is C20H26N2O4S. The molecule has 146 valence electrons. The first-order chi connectivity index (χ1) is 12.7. The van der Waals surface area contributed by atoms with Crippen LogP contribution in [0.25, 0.3) is 0 Å². The molecule has 0 aliphatic heterocycles. The molecule has 1 heterocycles. The van der Waals surface area contributed by atoms with Crippen molar-refractivity contribution in [3.8, 4) is 0 Å². The number of nitrogens with one attached hydrogen (secondary N) is 1. The van der Waals surface area contributed by atoms with Gasteiger partial charge < -0.3 is 16.2 Å². The molecule has 2 aliphatic carbocycles. The largest absolute Gasteiger partial charge is 0.481 e. The summed E-state index contributed by atoms with van der Waals surface area (Å²) in [6.07, 6.45) is 3.44. The molecule has 0 fully saturated rings. The monoisotopic (exact) mass is 390 g/mol. The van der Waals surface area contributed by atoms with Gasteiger partial charge in [-0.15, -0.1) is 11.3 Å². The number of anilines is 1. The second-order valence-corrected chi connectivity index (χ2v) is 9.03. The number of carbonyl (C=O) groups is 3. The second kappa shape index (κ2) is 7.46. The molecule has 7 heteroatoms. The van der Waals surface area contributed by atoms with E-state index in [4.69, 9.17) is 5.73 Å². The minimum absolute atomic E-state index is 0.344. The van der Waals surface area contributed by atoms with E-state index in [0.717, 1.165) is 40.8 Å². The number of hydrogen-bond acceptors (Lipinski definition) is 4.